The Labute approximate surface area is 308 Å². The molecule has 0 aromatic carbocycles. The van der Waals surface area contributed by atoms with Gasteiger partial charge in [-0.25, -0.2) is 0 Å². The van der Waals surface area contributed by atoms with E-state index in [0.29, 0.717) is 6.42 Å². The summed E-state index contributed by atoms with van der Waals surface area (Å²) in [6.45, 7) is 10.0. The first-order chi connectivity index (χ1) is 22.3. The molecule has 0 aliphatic heterocycles. The van der Waals surface area contributed by atoms with E-state index in [4.69, 9.17) is 4.74 Å². The Morgan fingerprint density at radius 1 is 0.551 bits per heavy atom. The van der Waals surface area contributed by atoms with Crippen LogP contribution in [0.15, 0.2) is 48.6 Å². The number of hydrogen-bond acceptors (Lipinski definition) is 4. The lowest BCUT2D eigenvalue weighted by molar-refractivity contribution is -0.157. The Kier molecular flexibility index (Phi) is 53.1. The zero-order valence-electron chi connectivity index (χ0n) is 31.1. The molecule has 4 heteroatoms. The first-order valence-corrected chi connectivity index (χ1v) is 19.2. The Morgan fingerprint density at radius 3 is 1.27 bits per heavy atom. The van der Waals surface area contributed by atoms with Gasteiger partial charge in [-0.2, -0.15) is 0 Å². The molecule has 0 amide bonds. The number of aldehydes is 1. The van der Waals surface area contributed by atoms with Crippen LogP contribution in [0, 0.1) is 0 Å². The van der Waals surface area contributed by atoms with Crippen LogP contribution in [0.25, 0.3) is 0 Å². The van der Waals surface area contributed by atoms with Gasteiger partial charge in [0, 0.05) is 6.42 Å². The molecule has 0 radical (unpaired) electrons. The van der Waals surface area contributed by atoms with E-state index in [-0.39, 0.29) is 34.7 Å². The molecule has 0 saturated heterocycles. The van der Waals surface area contributed by atoms with Crippen LogP contribution in [-0.2, 0) is 14.3 Å². The highest BCUT2D eigenvalue weighted by Crippen LogP contribution is 2.14. The molecule has 0 heterocycles. The fourth-order valence-corrected chi connectivity index (χ4v) is 4.91. The second-order valence-electron chi connectivity index (χ2n) is 13.6. The predicted octanol–water partition coefficient (Wildman–Crippen LogP) is 14.8. The molecule has 0 aliphatic carbocycles. The molecule has 1 unspecified atom stereocenters. The zero-order chi connectivity index (χ0) is 34.4. The van der Waals surface area contributed by atoms with Gasteiger partial charge in [0.15, 0.2) is 0 Å². The molecule has 0 fully saturated rings. The molecule has 1 N–H and O–H groups in total. The van der Waals surface area contributed by atoms with Crippen molar-refractivity contribution in [3.63, 3.8) is 0 Å². The van der Waals surface area contributed by atoms with Crippen LogP contribution in [0.2, 0.25) is 0 Å². The van der Waals surface area contributed by atoms with Crippen molar-refractivity contribution in [1.29, 1.82) is 0 Å². The molecule has 49 heavy (non-hydrogen) atoms. The minimum atomic E-state index is -0.571. The van der Waals surface area contributed by atoms with Crippen LogP contribution >= 0.6 is 0 Å². The topological polar surface area (TPSA) is 63.6 Å². The van der Waals surface area contributed by atoms with Crippen molar-refractivity contribution in [3.8, 4) is 0 Å². The van der Waals surface area contributed by atoms with Gasteiger partial charge in [0.1, 0.15) is 11.9 Å². The summed E-state index contributed by atoms with van der Waals surface area (Å²) in [5.74, 6) is -0.308. The van der Waals surface area contributed by atoms with Crippen molar-refractivity contribution in [2.75, 3.05) is 0 Å². The summed E-state index contributed by atoms with van der Waals surface area (Å²) >= 11 is 0. The average Bonchev–Trinajstić information content (AvgIpc) is 3.00. The SMILES string of the molecule is C.C.C.CCCCC/C=C\C/C=C\CCCCCCCC(O)CC(=O)OC(C)(C)C.CCCCC/C=C\C/C=C\CCCCCCCC=O. The normalized spacial score (nSPS) is 12.0. The van der Waals surface area contributed by atoms with E-state index in [0.717, 1.165) is 51.2 Å². The summed E-state index contributed by atoms with van der Waals surface area (Å²) in [6, 6.07) is 0. The molecule has 0 bridgehead atoms. The molecular weight excluding hydrogens is 604 g/mol. The highest BCUT2D eigenvalue weighted by atomic mass is 16.6. The third kappa shape index (κ3) is 55.7. The van der Waals surface area contributed by atoms with Crippen molar-refractivity contribution < 1.29 is 19.4 Å². The molecule has 0 aromatic heterocycles. The van der Waals surface area contributed by atoms with Gasteiger partial charge in [0.2, 0.25) is 0 Å². The van der Waals surface area contributed by atoms with E-state index in [1.165, 1.54) is 103 Å². The van der Waals surface area contributed by atoms with Gasteiger partial charge in [0.05, 0.1) is 12.5 Å². The third-order valence-electron chi connectivity index (χ3n) is 7.58. The minimum absolute atomic E-state index is 0. The van der Waals surface area contributed by atoms with Crippen LogP contribution < -0.4 is 0 Å². The number of hydrogen-bond donors (Lipinski definition) is 1. The maximum absolute atomic E-state index is 11.6. The predicted molar refractivity (Wildman–Crippen MR) is 221 cm³/mol. The smallest absolute Gasteiger partial charge is 0.308 e. The Hall–Kier alpha value is -1.94. The summed E-state index contributed by atoms with van der Waals surface area (Å²) in [4.78, 5) is 21.8. The van der Waals surface area contributed by atoms with Crippen LogP contribution in [0.4, 0.5) is 0 Å². The van der Waals surface area contributed by atoms with Gasteiger partial charge in [-0.15, -0.1) is 0 Å². The van der Waals surface area contributed by atoms with Crippen molar-refractivity contribution >= 4 is 12.3 Å². The largest absolute Gasteiger partial charge is 0.460 e. The van der Waals surface area contributed by atoms with Gasteiger partial charge in [-0.1, -0.05) is 155 Å². The lowest BCUT2D eigenvalue weighted by Crippen LogP contribution is -2.26. The number of aliphatic hydroxyl groups excluding tert-OH is 1. The van der Waals surface area contributed by atoms with Crippen molar-refractivity contribution in [2.24, 2.45) is 0 Å². The summed E-state index contributed by atoms with van der Waals surface area (Å²) in [7, 11) is 0. The minimum Gasteiger partial charge on any atom is -0.460 e. The number of rotatable bonds is 30. The average molecular weight is 693 g/mol. The van der Waals surface area contributed by atoms with Gasteiger partial charge >= 0.3 is 5.97 Å². The fraction of sp³-hybridized carbons (Fsp3) is 0.778. The van der Waals surface area contributed by atoms with E-state index in [1.54, 1.807) is 0 Å². The van der Waals surface area contributed by atoms with Crippen molar-refractivity contribution in [2.45, 2.75) is 229 Å². The van der Waals surface area contributed by atoms with E-state index < -0.39 is 11.7 Å². The van der Waals surface area contributed by atoms with Gasteiger partial charge in [-0.05, 0) is 97.8 Å². The lowest BCUT2D eigenvalue weighted by Gasteiger charge is -2.20. The number of carbonyl (C=O) groups is 2. The molecule has 0 rings (SSSR count). The molecule has 0 aromatic rings. The van der Waals surface area contributed by atoms with Crippen molar-refractivity contribution in [3.05, 3.63) is 48.6 Å². The Balaban J connectivity index is -0.000000261. The highest BCUT2D eigenvalue weighted by molar-refractivity contribution is 5.70. The first-order valence-electron chi connectivity index (χ1n) is 19.2. The number of carbonyl (C=O) groups excluding carboxylic acids is 2. The number of unbranched alkanes of at least 4 members (excludes halogenated alkanes) is 17. The molecule has 292 valence electrons. The van der Waals surface area contributed by atoms with Crippen molar-refractivity contribution in [1.82, 2.24) is 0 Å². The van der Waals surface area contributed by atoms with Crippen LogP contribution in [0.5, 0.6) is 0 Å². The fourth-order valence-electron chi connectivity index (χ4n) is 4.91. The molecular formula is C45H88O4. The maximum atomic E-state index is 11.6. The monoisotopic (exact) mass is 693 g/mol. The number of ether oxygens (including phenoxy) is 1. The van der Waals surface area contributed by atoms with Crippen LogP contribution in [0.3, 0.4) is 0 Å². The first kappa shape index (κ1) is 56.4. The molecule has 0 spiro atoms. The quantitative estimate of drug-likeness (QED) is 0.0352. The van der Waals surface area contributed by atoms with E-state index in [1.807, 2.05) is 20.8 Å². The summed E-state index contributed by atoms with van der Waals surface area (Å²) in [6.07, 6.45) is 47.1. The maximum Gasteiger partial charge on any atom is 0.308 e. The Morgan fingerprint density at radius 2 is 0.898 bits per heavy atom. The van der Waals surface area contributed by atoms with Crippen LogP contribution in [-0.4, -0.2) is 29.1 Å². The van der Waals surface area contributed by atoms with Gasteiger partial charge in [-0.3, -0.25) is 4.79 Å². The third-order valence-corrected chi connectivity index (χ3v) is 7.58. The van der Waals surface area contributed by atoms with Gasteiger partial charge < -0.3 is 14.6 Å². The molecule has 1 atom stereocenters. The van der Waals surface area contributed by atoms with E-state index in [9.17, 15) is 14.7 Å². The number of aliphatic hydroxyl groups is 1. The molecule has 4 nitrogen and oxygen atoms in total. The van der Waals surface area contributed by atoms with Gasteiger partial charge in [0.25, 0.3) is 0 Å². The lowest BCUT2D eigenvalue weighted by atomic mass is 10.1. The summed E-state index contributed by atoms with van der Waals surface area (Å²) < 4.78 is 5.23. The Bertz CT molecular complexity index is 756. The van der Waals surface area contributed by atoms with E-state index >= 15 is 0 Å². The highest BCUT2D eigenvalue weighted by Gasteiger charge is 2.18. The van der Waals surface area contributed by atoms with E-state index in [2.05, 4.69) is 62.5 Å². The zero-order valence-corrected chi connectivity index (χ0v) is 31.1. The molecule has 0 saturated carbocycles. The second-order valence-corrected chi connectivity index (χ2v) is 13.6. The second kappa shape index (κ2) is 46.1. The standard InChI is InChI=1S/C24H44O3.C18H32O.3CH4/c1-5-6-7-8-9-10-11-12-13-14-15-16-17-18-19-20-22(25)21-23(26)27-24(2,3)4;1-2-3-4-5-6-7-8-9-10-11-12-13-14-15-16-17-18-19;;;/h9-10,12-13,22,25H,5-8,11,14-21H2,1-4H3;6-7,9-10,18H,2-5,8,11-17H2,1H3;3*1H4/b10-9-,13-12-;7-6-,10-9-;;;. The molecule has 0 aliphatic rings. The summed E-state index contributed by atoms with van der Waals surface area (Å²) in [5, 5.41) is 9.90. The summed E-state index contributed by atoms with van der Waals surface area (Å²) in [5.41, 5.74) is -0.476. The van der Waals surface area contributed by atoms with Crippen LogP contribution in [0.1, 0.15) is 217 Å². The number of allylic oxidation sites excluding steroid dienone is 8. The number of esters is 1.